The van der Waals surface area contributed by atoms with Gasteiger partial charge >= 0.3 is 6.03 Å². The number of benzene rings is 1. The summed E-state index contributed by atoms with van der Waals surface area (Å²) in [5.41, 5.74) is 1.61. The molecule has 0 aliphatic carbocycles. The van der Waals surface area contributed by atoms with Gasteiger partial charge in [0, 0.05) is 45.8 Å². The normalized spacial score (nSPS) is 14.9. The number of hydrogen-bond donors (Lipinski definition) is 1. The van der Waals surface area contributed by atoms with E-state index in [2.05, 4.69) is 5.32 Å². The van der Waals surface area contributed by atoms with Crippen LogP contribution in [-0.2, 0) is 10.0 Å². The fourth-order valence-corrected chi connectivity index (χ4v) is 5.35. The first kappa shape index (κ1) is 21.3. The van der Waals surface area contributed by atoms with E-state index < -0.39 is 10.0 Å². The third kappa shape index (κ3) is 4.60. The number of rotatable bonds is 4. The molecule has 0 bridgehead atoms. The second kappa shape index (κ2) is 8.52. The Hall–Kier alpha value is -2.43. The molecule has 1 saturated heterocycles. The number of carbonyl (C=O) groups is 2. The highest BCUT2D eigenvalue weighted by Gasteiger charge is 2.26. The van der Waals surface area contributed by atoms with E-state index in [0.29, 0.717) is 36.7 Å². The Bertz CT molecular complexity index is 1010. The minimum absolute atomic E-state index is 0.0278. The van der Waals surface area contributed by atoms with Crippen LogP contribution >= 0.6 is 11.3 Å². The summed E-state index contributed by atoms with van der Waals surface area (Å²) in [6.07, 6.45) is 0. The average molecular weight is 437 g/mol. The van der Waals surface area contributed by atoms with E-state index in [1.807, 2.05) is 31.2 Å². The first-order chi connectivity index (χ1) is 13.7. The summed E-state index contributed by atoms with van der Waals surface area (Å²) in [4.78, 5) is 28.6. The van der Waals surface area contributed by atoms with Crippen LogP contribution in [0.2, 0.25) is 0 Å². The van der Waals surface area contributed by atoms with Crippen molar-refractivity contribution in [2.45, 2.75) is 11.1 Å². The molecule has 2 heterocycles. The van der Waals surface area contributed by atoms with Gasteiger partial charge in [-0.2, -0.15) is 0 Å². The van der Waals surface area contributed by atoms with Gasteiger partial charge in [0.05, 0.1) is 5.00 Å². The number of hydrogen-bond acceptors (Lipinski definition) is 5. The maximum Gasteiger partial charge on any atom is 0.322 e. The van der Waals surface area contributed by atoms with Gasteiger partial charge in [-0.15, -0.1) is 11.3 Å². The van der Waals surface area contributed by atoms with Crippen molar-refractivity contribution >= 4 is 38.3 Å². The lowest BCUT2D eigenvalue weighted by atomic mass is 10.1. The Morgan fingerprint density at radius 2 is 1.62 bits per heavy atom. The molecule has 0 atom stereocenters. The number of anilines is 1. The largest absolute Gasteiger partial charge is 0.335 e. The van der Waals surface area contributed by atoms with Gasteiger partial charge in [0.15, 0.2) is 0 Å². The van der Waals surface area contributed by atoms with Crippen LogP contribution in [0.4, 0.5) is 9.80 Å². The van der Waals surface area contributed by atoms with Crippen molar-refractivity contribution in [1.29, 1.82) is 0 Å². The van der Waals surface area contributed by atoms with E-state index in [4.69, 9.17) is 0 Å². The summed E-state index contributed by atoms with van der Waals surface area (Å²) in [5.74, 6) is -0.0278. The third-order valence-electron chi connectivity index (χ3n) is 4.78. The highest BCUT2D eigenvalue weighted by atomic mass is 32.2. The molecule has 1 aliphatic heterocycles. The fraction of sp³-hybridized carbons (Fsp3) is 0.368. The standard InChI is InChI=1S/C19H24N4O4S2/c1-14-6-4-5-7-15(14)18(24)22-10-12-23(13-11-22)19(25)20-16-8-9-17(28-16)29(26,27)21(2)3/h4-9H,10-13H2,1-3H3,(H,20,25). The SMILES string of the molecule is Cc1ccccc1C(=O)N1CCN(C(=O)Nc2ccc(S(=O)(=O)N(C)C)s2)CC1. The number of nitrogens with one attached hydrogen (secondary N) is 1. The molecular formula is C19H24N4O4S2. The third-order valence-corrected chi connectivity index (χ3v) is 8.06. The minimum atomic E-state index is -3.52. The van der Waals surface area contributed by atoms with Crippen molar-refractivity contribution < 1.29 is 18.0 Å². The zero-order valence-electron chi connectivity index (χ0n) is 16.6. The number of aryl methyl sites for hydroxylation is 1. The van der Waals surface area contributed by atoms with E-state index >= 15 is 0 Å². The van der Waals surface area contributed by atoms with Crippen molar-refractivity contribution in [2.24, 2.45) is 0 Å². The van der Waals surface area contributed by atoms with E-state index in [0.717, 1.165) is 21.2 Å². The van der Waals surface area contributed by atoms with Crippen molar-refractivity contribution in [3.63, 3.8) is 0 Å². The van der Waals surface area contributed by atoms with Crippen molar-refractivity contribution in [3.05, 3.63) is 47.5 Å². The van der Waals surface area contributed by atoms with Gasteiger partial charge in [0.25, 0.3) is 15.9 Å². The molecule has 10 heteroatoms. The van der Waals surface area contributed by atoms with Gasteiger partial charge in [-0.25, -0.2) is 17.5 Å². The predicted octanol–water partition coefficient (Wildman–Crippen LogP) is 2.30. The zero-order chi connectivity index (χ0) is 21.2. The van der Waals surface area contributed by atoms with Crippen LogP contribution in [-0.4, -0.2) is 74.7 Å². The van der Waals surface area contributed by atoms with Crippen molar-refractivity contribution in [1.82, 2.24) is 14.1 Å². The molecule has 1 aromatic carbocycles. The minimum Gasteiger partial charge on any atom is -0.335 e. The molecule has 2 aromatic rings. The lowest BCUT2D eigenvalue weighted by molar-refractivity contribution is 0.0671. The Morgan fingerprint density at radius 1 is 1.00 bits per heavy atom. The summed E-state index contributed by atoms with van der Waals surface area (Å²) in [6, 6.07) is 10.2. The first-order valence-corrected chi connectivity index (χ1v) is 11.4. The number of amides is 3. The van der Waals surface area contributed by atoms with Gasteiger partial charge < -0.3 is 9.80 Å². The molecule has 29 heavy (non-hydrogen) atoms. The van der Waals surface area contributed by atoms with Crippen LogP contribution in [0.25, 0.3) is 0 Å². The van der Waals surface area contributed by atoms with Gasteiger partial charge in [-0.1, -0.05) is 18.2 Å². The summed E-state index contributed by atoms with van der Waals surface area (Å²) in [5, 5.41) is 3.21. The first-order valence-electron chi connectivity index (χ1n) is 9.13. The topological polar surface area (TPSA) is 90.0 Å². The van der Waals surface area contributed by atoms with Crippen molar-refractivity contribution in [3.8, 4) is 0 Å². The second-order valence-corrected chi connectivity index (χ2v) is 10.4. The second-order valence-electron chi connectivity index (χ2n) is 6.93. The Labute approximate surface area is 174 Å². The van der Waals surface area contributed by atoms with Crippen LogP contribution in [0.15, 0.2) is 40.6 Å². The maximum absolute atomic E-state index is 12.7. The molecule has 1 N–H and O–H groups in total. The van der Waals surface area contributed by atoms with Crippen LogP contribution < -0.4 is 5.32 Å². The molecule has 1 aliphatic rings. The molecular weight excluding hydrogens is 412 g/mol. The number of sulfonamides is 1. The summed E-state index contributed by atoms with van der Waals surface area (Å²) in [7, 11) is -0.594. The molecule has 0 radical (unpaired) electrons. The molecule has 156 valence electrons. The van der Waals surface area contributed by atoms with E-state index in [1.54, 1.807) is 15.9 Å². The van der Waals surface area contributed by atoms with Crippen molar-refractivity contribution in [2.75, 3.05) is 45.6 Å². The molecule has 0 spiro atoms. The molecule has 0 saturated carbocycles. The molecule has 8 nitrogen and oxygen atoms in total. The number of nitrogens with zero attached hydrogens (tertiary/aromatic N) is 3. The summed E-state index contributed by atoms with van der Waals surface area (Å²) in [6.45, 7) is 3.63. The summed E-state index contributed by atoms with van der Waals surface area (Å²) < 4.78 is 25.6. The molecule has 1 aromatic heterocycles. The maximum atomic E-state index is 12.7. The number of urea groups is 1. The van der Waals surface area contributed by atoms with E-state index in [-0.39, 0.29) is 16.1 Å². The fourth-order valence-electron chi connectivity index (χ4n) is 2.99. The Morgan fingerprint density at radius 3 is 2.24 bits per heavy atom. The number of thiophene rings is 1. The lowest BCUT2D eigenvalue weighted by Crippen LogP contribution is -2.51. The van der Waals surface area contributed by atoms with Gasteiger partial charge in [-0.05, 0) is 30.7 Å². The van der Waals surface area contributed by atoms with Gasteiger partial charge in [-0.3, -0.25) is 10.1 Å². The van der Waals surface area contributed by atoms with Crippen LogP contribution in [0.1, 0.15) is 15.9 Å². The highest BCUT2D eigenvalue weighted by Crippen LogP contribution is 2.28. The van der Waals surface area contributed by atoms with Crippen LogP contribution in [0, 0.1) is 6.92 Å². The van der Waals surface area contributed by atoms with Gasteiger partial charge in [0.2, 0.25) is 0 Å². The van der Waals surface area contributed by atoms with Crippen LogP contribution in [0.5, 0.6) is 0 Å². The lowest BCUT2D eigenvalue weighted by Gasteiger charge is -2.34. The molecule has 1 fully saturated rings. The number of carbonyl (C=O) groups excluding carboxylic acids is 2. The van der Waals surface area contributed by atoms with Crippen LogP contribution in [0.3, 0.4) is 0 Å². The smallest absolute Gasteiger partial charge is 0.322 e. The quantitative estimate of drug-likeness (QED) is 0.796. The monoisotopic (exact) mass is 436 g/mol. The average Bonchev–Trinajstić information content (AvgIpc) is 3.17. The predicted molar refractivity (Wildman–Crippen MR) is 113 cm³/mol. The molecule has 0 unspecified atom stereocenters. The molecule has 3 rings (SSSR count). The number of piperazine rings is 1. The Balaban J connectivity index is 1.58. The van der Waals surface area contributed by atoms with Gasteiger partial charge in [0.1, 0.15) is 4.21 Å². The summed E-state index contributed by atoms with van der Waals surface area (Å²) >= 11 is 1.01. The molecule has 3 amide bonds. The highest BCUT2D eigenvalue weighted by molar-refractivity contribution is 7.91. The van der Waals surface area contributed by atoms with E-state index in [9.17, 15) is 18.0 Å². The Kier molecular flexibility index (Phi) is 6.25. The zero-order valence-corrected chi connectivity index (χ0v) is 18.2. The van der Waals surface area contributed by atoms with E-state index in [1.165, 1.54) is 20.2 Å².